The van der Waals surface area contributed by atoms with E-state index >= 15 is 0 Å². The minimum Gasteiger partial charge on any atom is -0.373 e. The molecule has 8 heteroatoms. The van der Waals surface area contributed by atoms with Crippen molar-refractivity contribution in [1.29, 1.82) is 0 Å². The van der Waals surface area contributed by atoms with E-state index in [-0.39, 0.29) is 30.4 Å². The third-order valence-corrected chi connectivity index (χ3v) is 5.64. The topological polar surface area (TPSA) is 56.9 Å². The molecule has 150 valence electrons. The number of nitrogens with zero attached hydrogens (tertiary/aromatic N) is 4. The number of aromatic nitrogens is 4. The zero-order chi connectivity index (χ0) is 17.4. The average Bonchev–Trinajstić information content (AvgIpc) is 3.43. The van der Waals surface area contributed by atoms with Gasteiger partial charge in [-0.05, 0) is 50.6 Å². The zero-order valence-corrected chi connectivity index (χ0v) is 17.2. The van der Waals surface area contributed by atoms with Gasteiger partial charge in [0, 0.05) is 30.4 Å². The van der Waals surface area contributed by atoms with Crippen molar-refractivity contribution in [2.45, 2.75) is 30.9 Å². The maximum Gasteiger partial charge on any atom is 0.140 e. The summed E-state index contributed by atoms with van der Waals surface area (Å²) in [4.78, 5) is 4.65. The van der Waals surface area contributed by atoms with Gasteiger partial charge < -0.3 is 14.6 Å². The Morgan fingerprint density at radius 3 is 2.71 bits per heavy atom. The standard InChI is InChI=1S/C20H23N5O.2ClH/c1-3-16(13-17(4-1)25-11-2-7-23-25)19-22-10-12-24(19)18-14-20(26-15-18)5-8-21-9-6-20;;/h1-4,7,10-13,18,21H,5-6,8-9,14-15H2;2*1H. The molecule has 1 atom stereocenters. The van der Waals surface area contributed by atoms with Gasteiger partial charge in [-0.25, -0.2) is 9.67 Å². The fourth-order valence-electron chi connectivity index (χ4n) is 4.27. The van der Waals surface area contributed by atoms with Crippen molar-refractivity contribution in [3.63, 3.8) is 0 Å². The lowest BCUT2D eigenvalue weighted by Gasteiger charge is -2.33. The minimum atomic E-state index is 0. The Labute approximate surface area is 177 Å². The van der Waals surface area contributed by atoms with Crippen molar-refractivity contribution in [3.8, 4) is 17.1 Å². The molecule has 1 spiro atoms. The van der Waals surface area contributed by atoms with Crippen molar-refractivity contribution in [1.82, 2.24) is 24.6 Å². The molecule has 2 aromatic heterocycles. The van der Waals surface area contributed by atoms with Crippen LogP contribution >= 0.6 is 24.8 Å². The first-order chi connectivity index (χ1) is 12.8. The summed E-state index contributed by atoms with van der Waals surface area (Å²) in [6.07, 6.45) is 11.0. The van der Waals surface area contributed by atoms with E-state index in [1.54, 1.807) is 6.20 Å². The summed E-state index contributed by atoms with van der Waals surface area (Å²) < 4.78 is 10.5. The van der Waals surface area contributed by atoms with Crippen LogP contribution in [0.5, 0.6) is 0 Å². The smallest absolute Gasteiger partial charge is 0.140 e. The van der Waals surface area contributed by atoms with E-state index in [4.69, 9.17) is 4.74 Å². The molecule has 2 fully saturated rings. The monoisotopic (exact) mass is 421 g/mol. The Balaban J connectivity index is 0.00000112. The number of rotatable bonds is 3. The molecule has 0 amide bonds. The first-order valence-corrected chi connectivity index (χ1v) is 9.31. The molecule has 2 saturated heterocycles. The predicted octanol–water partition coefficient (Wildman–Crippen LogP) is 3.66. The molecule has 1 N–H and O–H groups in total. The van der Waals surface area contributed by atoms with Gasteiger partial charge in [-0.3, -0.25) is 0 Å². The van der Waals surface area contributed by atoms with Crippen LogP contribution in [0.4, 0.5) is 0 Å². The van der Waals surface area contributed by atoms with E-state index in [1.807, 2.05) is 23.1 Å². The third kappa shape index (κ3) is 3.82. The number of benzene rings is 1. The fraction of sp³-hybridized carbons (Fsp3) is 0.400. The highest BCUT2D eigenvalue weighted by molar-refractivity contribution is 5.85. The van der Waals surface area contributed by atoms with Crippen molar-refractivity contribution in [3.05, 3.63) is 55.1 Å². The molecule has 1 unspecified atom stereocenters. The molecule has 2 aliphatic rings. The van der Waals surface area contributed by atoms with Gasteiger partial charge in [0.05, 0.1) is 23.9 Å². The summed E-state index contributed by atoms with van der Waals surface area (Å²) in [7, 11) is 0. The van der Waals surface area contributed by atoms with Crippen LogP contribution < -0.4 is 5.32 Å². The fourth-order valence-corrected chi connectivity index (χ4v) is 4.27. The summed E-state index contributed by atoms with van der Waals surface area (Å²) in [5.41, 5.74) is 2.20. The predicted molar refractivity (Wildman–Crippen MR) is 114 cm³/mol. The van der Waals surface area contributed by atoms with E-state index in [1.165, 1.54) is 0 Å². The first kappa shape index (κ1) is 20.9. The molecule has 0 aliphatic carbocycles. The molecule has 0 bridgehead atoms. The molecular formula is C20H25Cl2N5O. The Hall–Kier alpha value is -1.86. The summed E-state index contributed by atoms with van der Waals surface area (Å²) in [5, 5.41) is 7.76. The van der Waals surface area contributed by atoms with Gasteiger partial charge in [0.25, 0.3) is 0 Å². The third-order valence-electron chi connectivity index (χ3n) is 5.64. The van der Waals surface area contributed by atoms with Crippen LogP contribution in [0.15, 0.2) is 55.1 Å². The highest BCUT2D eigenvalue weighted by atomic mass is 35.5. The van der Waals surface area contributed by atoms with E-state index in [0.717, 1.165) is 56.0 Å². The maximum absolute atomic E-state index is 6.29. The zero-order valence-electron chi connectivity index (χ0n) is 15.5. The first-order valence-electron chi connectivity index (χ1n) is 9.31. The van der Waals surface area contributed by atoms with Gasteiger partial charge in [-0.1, -0.05) is 12.1 Å². The van der Waals surface area contributed by atoms with Crippen LogP contribution in [0.1, 0.15) is 25.3 Å². The van der Waals surface area contributed by atoms with Crippen molar-refractivity contribution in [2.24, 2.45) is 0 Å². The van der Waals surface area contributed by atoms with Crippen LogP contribution in [-0.2, 0) is 4.74 Å². The molecular weight excluding hydrogens is 397 g/mol. The highest BCUT2D eigenvalue weighted by Gasteiger charge is 2.42. The van der Waals surface area contributed by atoms with E-state index in [9.17, 15) is 0 Å². The van der Waals surface area contributed by atoms with Gasteiger partial charge in [0.1, 0.15) is 5.82 Å². The van der Waals surface area contributed by atoms with Gasteiger partial charge in [-0.15, -0.1) is 24.8 Å². The molecule has 0 radical (unpaired) electrons. The Kier molecular flexibility index (Phi) is 6.45. The average molecular weight is 422 g/mol. The lowest BCUT2D eigenvalue weighted by atomic mass is 9.88. The Morgan fingerprint density at radius 1 is 1.07 bits per heavy atom. The molecule has 3 aromatic rings. The lowest BCUT2D eigenvalue weighted by molar-refractivity contribution is -0.0195. The number of nitrogens with one attached hydrogen (secondary N) is 1. The lowest BCUT2D eigenvalue weighted by Crippen LogP contribution is -2.41. The van der Waals surface area contributed by atoms with Crippen molar-refractivity contribution in [2.75, 3.05) is 19.7 Å². The molecule has 2 aliphatic heterocycles. The second kappa shape index (κ2) is 8.66. The number of halogens is 2. The van der Waals surface area contributed by atoms with Crippen LogP contribution in [-0.4, -0.2) is 44.6 Å². The quantitative estimate of drug-likeness (QED) is 0.700. The number of hydrogen-bond acceptors (Lipinski definition) is 4. The second-order valence-corrected chi connectivity index (χ2v) is 7.26. The molecule has 4 heterocycles. The van der Waals surface area contributed by atoms with E-state index < -0.39 is 0 Å². The number of ether oxygens (including phenoxy) is 1. The van der Waals surface area contributed by atoms with Crippen LogP contribution in [0.3, 0.4) is 0 Å². The normalized spacial score (nSPS) is 20.5. The molecule has 6 nitrogen and oxygen atoms in total. The number of imidazole rings is 1. The molecule has 0 saturated carbocycles. The Morgan fingerprint density at radius 2 is 1.93 bits per heavy atom. The van der Waals surface area contributed by atoms with Crippen LogP contribution in [0.25, 0.3) is 17.1 Å². The minimum absolute atomic E-state index is 0. The van der Waals surface area contributed by atoms with Gasteiger partial charge >= 0.3 is 0 Å². The summed E-state index contributed by atoms with van der Waals surface area (Å²) in [6, 6.07) is 10.7. The van der Waals surface area contributed by atoms with E-state index in [0.29, 0.717) is 6.04 Å². The summed E-state index contributed by atoms with van der Waals surface area (Å²) in [5.74, 6) is 0.999. The molecule has 1 aromatic carbocycles. The summed E-state index contributed by atoms with van der Waals surface area (Å²) >= 11 is 0. The number of piperidine rings is 1. The second-order valence-electron chi connectivity index (χ2n) is 7.26. The van der Waals surface area contributed by atoms with Gasteiger partial charge in [0.2, 0.25) is 0 Å². The number of hydrogen-bond donors (Lipinski definition) is 1. The van der Waals surface area contributed by atoms with Crippen LogP contribution in [0.2, 0.25) is 0 Å². The Bertz CT molecular complexity index is 890. The molecule has 5 rings (SSSR count). The highest BCUT2D eigenvalue weighted by Crippen LogP contribution is 2.40. The van der Waals surface area contributed by atoms with Crippen LogP contribution in [0, 0.1) is 0 Å². The SMILES string of the molecule is Cl.Cl.c1cc(-c2nccn2C2COC3(CCNCC3)C2)cc(-n2cccn2)c1. The largest absolute Gasteiger partial charge is 0.373 e. The van der Waals surface area contributed by atoms with Crippen molar-refractivity contribution < 1.29 is 4.74 Å². The van der Waals surface area contributed by atoms with E-state index in [2.05, 4.69) is 50.4 Å². The van der Waals surface area contributed by atoms with Gasteiger partial charge in [-0.2, -0.15) is 5.10 Å². The van der Waals surface area contributed by atoms with Crippen molar-refractivity contribution >= 4 is 24.8 Å². The molecule has 28 heavy (non-hydrogen) atoms. The maximum atomic E-state index is 6.29. The van der Waals surface area contributed by atoms with Gasteiger partial charge in [0.15, 0.2) is 0 Å². The summed E-state index contributed by atoms with van der Waals surface area (Å²) in [6.45, 7) is 2.87.